The number of carbonyl (C=O) groups is 1. The van der Waals surface area contributed by atoms with Gasteiger partial charge in [-0.3, -0.25) is 14.9 Å². The Bertz CT molecular complexity index is 769. The topological polar surface area (TPSA) is 90.7 Å². The Morgan fingerprint density at radius 1 is 1.20 bits per heavy atom. The van der Waals surface area contributed by atoms with Crippen molar-refractivity contribution in [1.82, 2.24) is 0 Å². The molecule has 25 heavy (non-hydrogen) atoms. The first-order valence-electron chi connectivity index (χ1n) is 7.67. The highest BCUT2D eigenvalue weighted by molar-refractivity contribution is 5.92. The lowest BCUT2D eigenvalue weighted by Crippen LogP contribution is -2.21. The lowest BCUT2D eigenvalue weighted by atomic mass is 10.1. The van der Waals surface area contributed by atoms with Crippen LogP contribution in [0, 0.1) is 24.0 Å². The van der Waals surface area contributed by atoms with Crippen molar-refractivity contribution in [3.63, 3.8) is 0 Å². The van der Waals surface area contributed by atoms with E-state index in [9.17, 15) is 14.9 Å². The third-order valence-corrected chi connectivity index (χ3v) is 3.63. The summed E-state index contributed by atoms with van der Waals surface area (Å²) in [5.41, 5.74) is 2.82. The number of nitrogens with zero attached hydrogens (tertiary/aromatic N) is 1. The van der Waals surface area contributed by atoms with Gasteiger partial charge in [0.15, 0.2) is 6.61 Å². The van der Waals surface area contributed by atoms with E-state index in [1.807, 2.05) is 32.0 Å². The molecule has 1 amide bonds. The monoisotopic (exact) mass is 344 g/mol. The summed E-state index contributed by atoms with van der Waals surface area (Å²) in [4.78, 5) is 22.6. The minimum Gasteiger partial charge on any atom is -0.483 e. The van der Waals surface area contributed by atoms with Crippen LogP contribution >= 0.6 is 0 Å². The number of rotatable bonds is 7. The van der Waals surface area contributed by atoms with Gasteiger partial charge in [-0.15, -0.1) is 0 Å². The maximum absolute atomic E-state index is 12.2. The zero-order valence-electron chi connectivity index (χ0n) is 14.4. The fourth-order valence-corrected chi connectivity index (χ4v) is 2.44. The number of amides is 1. The number of non-ortho nitro benzene ring substituents is 1. The lowest BCUT2D eigenvalue weighted by Gasteiger charge is -2.13. The highest BCUT2D eigenvalue weighted by Gasteiger charge is 2.14. The molecule has 2 aromatic rings. The average Bonchev–Trinajstić information content (AvgIpc) is 2.56. The minimum absolute atomic E-state index is 0.0585. The molecule has 0 aliphatic carbocycles. The van der Waals surface area contributed by atoms with E-state index in [1.165, 1.54) is 25.3 Å². The van der Waals surface area contributed by atoms with Gasteiger partial charge in [0, 0.05) is 30.5 Å². The largest absolute Gasteiger partial charge is 0.483 e. The van der Waals surface area contributed by atoms with Gasteiger partial charge in [-0.05, 0) is 31.0 Å². The van der Waals surface area contributed by atoms with Crippen molar-refractivity contribution < 1.29 is 19.2 Å². The number of hydrogen-bond acceptors (Lipinski definition) is 5. The second-order valence-corrected chi connectivity index (χ2v) is 5.59. The Hall–Kier alpha value is -2.93. The summed E-state index contributed by atoms with van der Waals surface area (Å²) in [6, 6.07) is 9.95. The highest BCUT2D eigenvalue weighted by atomic mass is 16.6. The first kappa shape index (κ1) is 18.4. The first-order valence-corrected chi connectivity index (χ1v) is 7.67. The number of para-hydroxylation sites is 1. The molecule has 1 N–H and O–H groups in total. The second kappa shape index (κ2) is 8.25. The van der Waals surface area contributed by atoms with E-state index in [4.69, 9.17) is 9.47 Å². The van der Waals surface area contributed by atoms with Gasteiger partial charge in [0.05, 0.1) is 11.5 Å². The van der Waals surface area contributed by atoms with E-state index in [2.05, 4.69) is 5.32 Å². The quantitative estimate of drug-likeness (QED) is 0.614. The Morgan fingerprint density at radius 2 is 1.88 bits per heavy atom. The number of aryl methyl sites for hydroxylation is 2. The molecule has 0 heterocycles. The molecule has 2 rings (SSSR count). The summed E-state index contributed by atoms with van der Waals surface area (Å²) in [6.07, 6.45) is 0. The molecule has 0 aliphatic heterocycles. The number of carbonyl (C=O) groups excluding carboxylic acids is 1. The van der Waals surface area contributed by atoms with Gasteiger partial charge < -0.3 is 14.8 Å². The van der Waals surface area contributed by atoms with Gasteiger partial charge in [0.25, 0.3) is 11.6 Å². The van der Waals surface area contributed by atoms with Gasteiger partial charge in [-0.25, -0.2) is 0 Å². The van der Waals surface area contributed by atoms with Crippen LogP contribution in [0.4, 0.5) is 11.4 Å². The number of nitrogens with one attached hydrogen (secondary N) is 1. The molecule has 0 aromatic heterocycles. The number of nitro groups is 1. The maximum atomic E-state index is 12.2. The third kappa shape index (κ3) is 4.77. The highest BCUT2D eigenvalue weighted by Crippen LogP contribution is 2.24. The average molecular weight is 344 g/mol. The number of benzene rings is 2. The summed E-state index contributed by atoms with van der Waals surface area (Å²) in [7, 11) is 1.48. The van der Waals surface area contributed by atoms with Crippen LogP contribution in [0.3, 0.4) is 0 Å². The standard InChI is InChI=1S/C18H20N2O5/c1-12-5-4-6-13(2)18(12)25-11-17(21)19-16-8-7-15(20(22)23)9-14(16)10-24-3/h4-9H,10-11H2,1-3H3,(H,19,21). The third-order valence-electron chi connectivity index (χ3n) is 3.63. The zero-order valence-corrected chi connectivity index (χ0v) is 14.4. The summed E-state index contributed by atoms with van der Waals surface area (Å²) >= 11 is 0. The van der Waals surface area contributed by atoms with E-state index < -0.39 is 4.92 Å². The molecular weight excluding hydrogens is 324 g/mol. The minimum atomic E-state index is -0.491. The molecule has 0 aliphatic rings. The fourth-order valence-electron chi connectivity index (χ4n) is 2.44. The molecule has 0 bridgehead atoms. The Morgan fingerprint density at radius 3 is 2.48 bits per heavy atom. The SMILES string of the molecule is COCc1cc([N+](=O)[O-])ccc1NC(=O)COc1c(C)cccc1C. The predicted octanol–water partition coefficient (Wildman–Crippen LogP) is 3.38. The molecule has 132 valence electrons. The van der Waals surface area contributed by atoms with E-state index in [1.54, 1.807) is 0 Å². The van der Waals surface area contributed by atoms with Crippen LogP contribution in [0.5, 0.6) is 5.75 Å². The smallest absolute Gasteiger partial charge is 0.269 e. The van der Waals surface area contributed by atoms with Crippen molar-refractivity contribution in [1.29, 1.82) is 0 Å². The van der Waals surface area contributed by atoms with Gasteiger partial charge in [-0.1, -0.05) is 18.2 Å². The molecule has 0 unspecified atom stereocenters. The normalized spacial score (nSPS) is 10.4. The van der Waals surface area contributed by atoms with Gasteiger partial charge in [0.1, 0.15) is 5.75 Å². The van der Waals surface area contributed by atoms with Crippen molar-refractivity contribution in [2.75, 3.05) is 19.0 Å². The van der Waals surface area contributed by atoms with Crippen molar-refractivity contribution in [3.8, 4) is 5.75 Å². The van der Waals surface area contributed by atoms with E-state index >= 15 is 0 Å². The van der Waals surface area contributed by atoms with Crippen molar-refractivity contribution in [2.24, 2.45) is 0 Å². The van der Waals surface area contributed by atoms with Crippen molar-refractivity contribution in [3.05, 3.63) is 63.2 Å². The van der Waals surface area contributed by atoms with E-state index in [0.29, 0.717) is 17.0 Å². The van der Waals surface area contributed by atoms with Crippen LogP contribution in [-0.4, -0.2) is 24.5 Å². The predicted molar refractivity (Wildman–Crippen MR) is 93.9 cm³/mol. The number of methoxy groups -OCH3 is 1. The summed E-state index contributed by atoms with van der Waals surface area (Å²) in [5.74, 6) is 0.326. The first-order chi connectivity index (χ1) is 11.9. The molecule has 7 nitrogen and oxygen atoms in total. The van der Waals surface area contributed by atoms with Crippen LogP contribution in [0.2, 0.25) is 0 Å². The van der Waals surface area contributed by atoms with Crippen LogP contribution in [0.25, 0.3) is 0 Å². The second-order valence-electron chi connectivity index (χ2n) is 5.59. The Labute approximate surface area is 145 Å². The Balaban J connectivity index is 2.08. The molecule has 0 fully saturated rings. The van der Waals surface area contributed by atoms with Crippen LogP contribution in [0.1, 0.15) is 16.7 Å². The molecule has 0 atom stereocenters. The van der Waals surface area contributed by atoms with Gasteiger partial charge >= 0.3 is 0 Å². The molecule has 7 heteroatoms. The van der Waals surface area contributed by atoms with Crippen LogP contribution < -0.4 is 10.1 Å². The molecule has 2 aromatic carbocycles. The fraction of sp³-hybridized carbons (Fsp3) is 0.278. The molecule has 0 saturated carbocycles. The summed E-state index contributed by atoms with van der Waals surface area (Å²) in [6.45, 7) is 3.81. The lowest BCUT2D eigenvalue weighted by molar-refractivity contribution is -0.384. The molecule has 0 spiro atoms. The number of nitro benzene ring substituents is 1. The molecular formula is C18H20N2O5. The van der Waals surface area contributed by atoms with Gasteiger partial charge in [0.2, 0.25) is 0 Å². The van der Waals surface area contributed by atoms with Crippen molar-refractivity contribution >= 4 is 17.3 Å². The van der Waals surface area contributed by atoms with E-state index in [0.717, 1.165) is 11.1 Å². The molecule has 0 radical (unpaired) electrons. The zero-order chi connectivity index (χ0) is 18.4. The summed E-state index contributed by atoms with van der Waals surface area (Å²) < 4.78 is 10.7. The summed E-state index contributed by atoms with van der Waals surface area (Å²) in [5, 5.41) is 13.6. The number of hydrogen-bond donors (Lipinski definition) is 1. The van der Waals surface area contributed by atoms with Crippen LogP contribution in [-0.2, 0) is 16.1 Å². The number of anilines is 1. The number of ether oxygens (including phenoxy) is 2. The molecule has 0 saturated heterocycles. The van der Waals surface area contributed by atoms with Crippen molar-refractivity contribution in [2.45, 2.75) is 20.5 Å². The maximum Gasteiger partial charge on any atom is 0.269 e. The Kier molecular flexibility index (Phi) is 6.08. The van der Waals surface area contributed by atoms with E-state index in [-0.39, 0.29) is 24.8 Å². The van der Waals surface area contributed by atoms with Crippen LogP contribution in [0.15, 0.2) is 36.4 Å². The van der Waals surface area contributed by atoms with Gasteiger partial charge in [-0.2, -0.15) is 0 Å².